The Balaban J connectivity index is 1.30. The van der Waals surface area contributed by atoms with Crippen molar-refractivity contribution in [3.63, 3.8) is 0 Å². The molecule has 0 unspecified atom stereocenters. The molecule has 7 heteroatoms. The molecular weight excluding hydrogens is 382 g/mol. The summed E-state index contributed by atoms with van der Waals surface area (Å²) in [6.07, 6.45) is 6.30. The predicted octanol–water partition coefficient (Wildman–Crippen LogP) is 2.87. The Morgan fingerprint density at radius 3 is 2.20 bits per heavy atom. The summed E-state index contributed by atoms with van der Waals surface area (Å²) < 4.78 is 7.37. The summed E-state index contributed by atoms with van der Waals surface area (Å²) in [6, 6.07) is 5.26. The number of hydrogen-bond acceptors (Lipinski definition) is 6. The first-order valence-electron chi connectivity index (χ1n) is 10.8. The van der Waals surface area contributed by atoms with Gasteiger partial charge in [-0.3, -0.25) is 9.47 Å². The number of phenols is 1. The average Bonchev–Trinajstić information content (AvgIpc) is 3.01. The number of benzene rings is 1. The van der Waals surface area contributed by atoms with Gasteiger partial charge in [0.1, 0.15) is 11.5 Å². The van der Waals surface area contributed by atoms with Gasteiger partial charge in [0.05, 0.1) is 12.3 Å². The number of anilines is 1. The SMILES string of the molecule is CCOc1ccc(O)cc1N1CCN(CCCn2c(O)c3c(c2O)CC=CC3)CC1. The van der Waals surface area contributed by atoms with Gasteiger partial charge in [-0.15, -0.1) is 0 Å². The minimum absolute atomic E-state index is 0.212. The number of phenolic OH excluding ortho intramolecular Hbond substituents is 1. The van der Waals surface area contributed by atoms with Gasteiger partial charge in [0.15, 0.2) is 11.8 Å². The van der Waals surface area contributed by atoms with Crippen molar-refractivity contribution in [2.24, 2.45) is 0 Å². The van der Waals surface area contributed by atoms with E-state index < -0.39 is 0 Å². The van der Waals surface area contributed by atoms with Crippen LogP contribution in [0.3, 0.4) is 0 Å². The number of nitrogens with zero attached hydrogens (tertiary/aromatic N) is 3. The van der Waals surface area contributed by atoms with Crippen LogP contribution in [0.5, 0.6) is 23.3 Å². The highest BCUT2D eigenvalue weighted by atomic mass is 16.5. The van der Waals surface area contributed by atoms with E-state index >= 15 is 0 Å². The molecule has 0 amide bonds. The molecule has 4 rings (SSSR count). The van der Waals surface area contributed by atoms with Crippen LogP contribution in [0.15, 0.2) is 30.4 Å². The van der Waals surface area contributed by atoms with Crippen LogP contribution in [0, 0.1) is 0 Å². The number of aromatic hydroxyl groups is 3. The van der Waals surface area contributed by atoms with E-state index in [9.17, 15) is 15.3 Å². The molecule has 0 spiro atoms. The van der Waals surface area contributed by atoms with Crippen LogP contribution in [0.4, 0.5) is 5.69 Å². The molecule has 1 aromatic carbocycles. The summed E-state index contributed by atoms with van der Waals surface area (Å²) in [5, 5.41) is 30.8. The number of aromatic nitrogens is 1. The lowest BCUT2D eigenvalue weighted by atomic mass is 10.0. The third-order valence-corrected chi connectivity index (χ3v) is 6.04. The number of hydrogen-bond donors (Lipinski definition) is 3. The molecule has 1 aromatic heterocycles. The summed E-state index contributed by atoms with van der Waals surface area (Å²) in [5.74, 6) is 1.48. The third-order valence-electron chi connectivity index (χ3n) is 6.04. The highest BCUT2D eigenvalue weighted by Crippen LogP contribution is 2.37. The first-order valence-corrected chi connectivity index (χ1v) is 10.8. The molecule has 0 saturated carbocycles. The quantitative estimate of drug-likeness (QED) is 0.606. The molecule has 0 radical (unpaired) electrons. The van der Waals surface area contributed by atoms with Gasteiger partial charge in [-0.2, -0.15) is 0 Å². The van der Waals surface area contributed by atoms with Gasteiger partial charge < -0.3 is 25.0 Å². The van der Waals surface area contributed by atoms with Crippen molar-refractivity contribution >= 4 is 5.69 Å². The molecule has 1 aliphatic heterocycles. The highest BCUT2D eigenvalue weighted by Gasteiger charge is 2.23. The molecule has 162 valence electrons. The topological polar surface area (TPSA) is 81.3 Å². The maximum atomic E-state index is 10.5. The third kappa shape index (κ3) is 4.07. The zero-order valence-corrected chi connectivity index (χ0v) is 17.5. The Morgan fingerprint density at radius 2 is 1.57 bits per heavy atom. The zero-order chi connectivity index (χ0) is 21.1. The fourth-order valence-electron chi connectivity index (χ4n) is 4.43. The summed E-state index contributed by atoms with van der Waals surface area (Å²) >= 11 is 0. The molecule has 3 N–H and O–H groups in total. The Morgan fingerprint density at radius 1 is 0.900 bits per heavy atom. The molecule has 2 aliphatic rings. The molecule has 2 aromatic rings. The Hall–Kier alpha value is -2.80. The number of piperazine rings is 1. The molecule has 0 bridgehead atoms. The first-order chi connectivity index (χ1) is 14.6. The monoisotopic (exact) mass is 413 g/mol. The Labute approximate surface area is 177 Å². The number of ether oxygens (including phenoxy) is 1. The van der Waals surface area contributed by atoms with E-state index in [1.54, 1.807) is 16.7 Å². The summed E-state index contributed by atoms with van der Waals surface area (Å²) in [7, 11) is 0. The van der Waals surface area contributed by atoms with Crippen LogP contribution in [-0.2, 0) is 19.4 Å². The van der Waals surface area contributed by atoms with Gasteiger partial charge in [-0.25, -0.2) is 0 Å². The van der Waals surface area contributed by atoms with Crippen LogP contribution in [0.2, 0.25) is 0 Å². The minimum Gasteiger partial charge on any atom is -0.508 e. The maximum absolute atomic E-state index is 10.5. The van der Waals surface area contributed by atoms with E-state index in [1.807, 2.05) is 25.1 Å². The average molecular weight is 414 g/mol. The van der Waals surface area contributed by atoms with Gasteiger partial charge >= 0.3 is 0 Å². The molecule has 0 atom stereocenters. The summed E-state index contributed by atoms with van der Waals surface area (Å²) in [5.41, 5.74) is 2.66. The lowest BCUT2D eigenvalue weighted by Crippen LogP contribution is -2.46. The standard InChI is InChI=1S/C23H31N3O4/c1-2-30-21-9-8-17(27)16-20(21)25-14-12-24(13-15-25)10-5-11-26-22(28)18-6-3-4-7-19(18)23(26)29/h3-4,8-9,16,27-29H,2,5-7,10-15H2,1H3. The van der Waals surface area contributed by atoms with E-state index in [0.717, 1.165) is 61.7 Å². The van der Waals surface area contributed by atoms with E-state index in [1.165, 1.54) is 0 Å². The van der Waals surface area contributed by atoms with Crippen LogP contribution >= 0.6 is 0 Å². The second-order valence-electron chi connectivity index (χ2n) is 7.90. The van der Waals surface area contributed by atoms with Gasteiger partial charge in [0, 0.05) is 49.9 Å². The largest absolute Gasteiger partial charge is 0.508 e. The summed E-state index contributed by atoms with van der Waals surface area (Å²) in [6.45, 7) is 7.64. The molecule has 1 aliphatic carbocycles. The second-order valence-corrected chi connectivity index (χ2v) is 7.90. The predicted molar refractivity (Wildman–Crippen MR) is 117 cm³/mol. The van der Waals surface area contributed by atoms with E-state index in [2.05, 4.69) is 9.80 Å². The Bertz CT molecular complexity index is 882. The molecule has 1 saturated heterocycles. The second kappa shape index (κ2) is 8.92. The first kappa shape index (κ1) is 20.5. The number of fused-ring (bicyclic) bond motifs is 1. The molecule has 7 nitrogen and oxygen atoms in total. The van der Waals surface area contributed by atoms with E-state index in [-0.39, 0.29) is 17.5 Å². The zero-order valence-electron chi connectivity index (χ0n) is 17.5. The molecule has 30 heavy (non-hydrogen) atoms. The number of allylic oxidation sites excluding steroid dienone is 2. The Kier molecular flexibility index (Phi) is 6.08. The van der Waals surface area contributed by atoms with Crippen molar-refractivity contribution < 1.29 is 20.1 Å². The van der Waals surface area contributed by atoms with Crippen LogP contribution in [-0.4, -0.2) is 64.1 Å². The molecule has 2 heterocycles. The highest BCUT2D eigenvalue weighted by molar-refractivity contribution is 5.61. The van der Waals surface area contributed by atoms with Crippen molar-refractivity contribution in [2.75, 3.05) is 44.2 Å². The summed E-state index contributed by atoms with van der Waals surface area (Å²) in [4.78, 5) is 4.66. The normalized spacial score (nSPS) is 16.6. The van der Waals surface area contributed by atoms with Crippen molar-refractivity contribution in [1.82, 2.24) is 9.47 Å². The van der Waals surface area contributed by atoms with Crippen molar-refractivity contribution in [2.45, 2.75) is 32.7 Å². The molecular formula is C23H31N3O4. The van der Waals surface area contributed by atoms with Crippen molar-refractivity contribution in [3.8, 4) is 23.3 Å². The molecule has 1 fully saturated rings. The van der Waals surface area contributed by atoms with Gasteiger partial charge in [-0.05, 0) is 44.9 Å². The van der Waals surface area contributed by atoms with Gasteiger partial charge in [0.2, 0.25) is 0 Å². The fourth-order valence-corrected chi connectivity index (χ4v) is 4.43. The van der Waals surface area contributed by atoms with E-state index in [4.69, 9.17) is 4.74 Å². The van der Waals surface area contributed by atoms with E-state index in [0.29, 0.717) is 26.0 Å². The number of rotatable bonds is 7. The van der Waals surface area contributed by atoms with Crippen molar-refractivity contribution in [3.05, 3.63) is 41.5 Å². The van der Waals surface area contributed by atoms with Crippen LogP contribution in [0.25, 0.3) is 0 Å². The van der Waals surface area contributed by atoms with Gasteiger partial charge in [0.25, 0.3) is 0 Å². The lowest BCUT2D eigenvalue weighted by molar-refractivity contribution is 0.245. The van der Waals surface area contributed by atoms with Crippen molar-refractivity contribution in [1.29, 1.82) is 0 Å². The van der Waals surface area contributed by atoms with Crippen LogP contribution in [0.1, 0.15) is 24.5 Å². The minimum atomic E-state index is 0.212. The van der Waals surface area contributed by atoms with Gasteiger partial charge in [-0.1, -0.05) is 12.2 Å². The van der Waals surface area contributed by atoms with Crippen LogP contribution < -0.4 is 9.64 Å². The maximum Gasteiger partial charge on any atom is 0.197 e. The fraction of sp³-hybridized carbons (Fsp3) is 0.478. The lowest BCUT2D eigenvalue weighted by Gasteiger charge is -2.36. The smallest absolute Gasteiger partial charge is 0.197 e.